The van der Waals surface area contributed by atoms with Gasteiger partial charge in [0.1, 0.15) is 5.75 Å². The van der Waals surface area contributed by atoms with E-state index in [4.69, 9.17) is 4.74 Å². The van der Waals surface area contributed by atoms with Gasteiger partial charge in [-0.15, -0.1) is 0 Å². The smallest absolute Gasteiger partial charge is 0.416 e. The van der Waals surface area contributed by atoms with E-state index in [-0.39, 0.29) is 24.3 Å². The minimum Gasteiger partial charge on any atom is -0.484 e. The average molecular weight is 316 g/mol. The first-order chi connectivity index (χ1) is 10.4. The number of halogens is 3. The Hall–Kier alpha value is -1.76. The van der Waals surface area contributed by atoms with Crippen molar-refractivity contribution in [1.82, 2.24) is 10.2 Å². The van der Waals surface area contributed by atoms with Crippen LogP contribution in [0.3, 0.4) is 0 Å². The summed E-state index contributed by atoms with van der Waals surface area (Å²) in [5.41, 5.74) is -0.785. The molecule has 22 heavy (non-hydrogen) atoms. The molecule has 1 aromatic rings. The monoisotopic (exact) mass is 316 g/mol. The van der Waals surface area contributed by atoms with Crippen LogP contribution in [0.25, 0.3) is 0 Å². The maximum Gasteiger partial charge on any atom is 0.416 e. The highest BCUT2D eigenvalue weighted by Gasteiger charge is 2.31. The molecule has 0 bridgehead atoms. The van der Waals surface area contributed by atoms with Gasteiger partial charge in [0.2, 0.25) is 0 Å². The standard InChI is InChI=1S/C15H19F3N2O2/c1-19-9-12-5-3-7-20(12)14(21)10-22-13-6-2-4-11(8-13)15(16,17)18/h2,4,6,8,12,19H,3,5,7,9-10H2,1H3/t12-/m1/s1. The number of likely N-dealkylation sites (N-methyl/N-ethyl adjacent to an activating group) is 1. The van der Waals surface area contributed by atoms with E-state index >= 15 is 0 Å². The molecule has 1 aliphatic rings. The van der Waals surface area contributed by atoms with Gasteiger partial charge >= 0.3 is 6.18 Å². The van der Waals surface area contributed by atoms with E-state index in [1.54, 1.807) is 4.90 Å². The van der Waals surface area contributed by atoms with Crippen LogP contribution in [0.4, 0.5) is 13.2 Å². The average Bonchev–Trinajstić information content (AvgIpc) is 2.93. The third-order valence-electron chi connectivity index (χ3n) is 3.66. The molecular weight excluding hydrogens is 297 g/mol. The highest BCUT2D eigenvalue weighted by molar-refractivity contribution is 5.78. The number of hydrogen-bond donors (Lipinski definition) is 1. The molecule has 0 unspecified atom stereocenters. The molecule has 122 valence electrons. The van der Waals surface area contributed by atoms with Crippen molar-refractivity contribution in [2.75, 3.05) is 26.7 Å². The highest BCUT2D eigenvalue weighted by Crippen LogP contribution is 2.31. The highest BCUT2D eigenvalue weighted by atomic mass is 19.4. The normalized spacial score (nSPS) is 18.5. The van der Waals surface area contributed by atoms with Crippen LogP contribution < -0.4 is 10.1 Å². The van der Waals surface area contributed by atoms with Crippen molar-refractivity contribution in [3.05, 3.63) is 29.8 Å². The van der Waals surface area contributed by atoms with Crippen molar-refractivity contribution >= 4 is 5.91 Å². The van der Waals surface area contributed by atoms with Gasteiger partial charge in [0, 0.05) is 19.1 Å². The zero-order chi connectivity index (χ0) is 16.2. The number of carbonyl (C=O) groups excluding carboxylic acids is 1. The molecule has 1 saturated heterocycles. The summed E-state index contributed by atoms with van der Waals surface area (Å²) in [7, 11) is 1.82. The molecule has 4 nitrogen and oxygen atoms in total. The first kappa shape index (κ1) is 16.6. The van der Waals surface area contributed by atoms with Crippen molar-refractivity contribution in [2.45, 2.75) is 25.1 Å². The van der Waals surface area contributed by atoms with Crippen LogP contribution in [0, 0.1) is 0 Å². The fourth-order valence-electron chi connectivity index (χ4n) is 2.60. The summed E-state index contributed by atoms with van der Waals surface area (Å²) < 4.78 is 43.1. The van der Waals surface area contributed by atoms with Crippen LogP contribution in [0.5, 0.6) is 5.75 Å². The van der Waals surface area contributed by atoms with Crippen molar-refractivity contribution in [3.8, 4) is 5.75 Å². The van der Waals surface area contributed by atoms with Gasteiger partial charge in [-0.2, -0.15) is 13.2 Å². The zero-order valence-corrected chi connectivity index (χ0v) is 12.3. The number of carbonyl (C=O) groups is 1. The Morgan fingerprint density at radius 3 is 2.91 bits per heavy atom. The summed E-state index contributed by atoms with van der Waals surface area (Å²) in [4.78, 5) is 13.9. The van der Waals surface area contributed by atoms with Crippen LogP contribution in [-0.2, 0) is 11.0 Å². The molecule has 2 rings (SSSR count). The molecule has 0 aliphatic carbocycles. The maximum atomic E-state index is 12.6. The van der Waals surface area contributed by atoms with Gasteiger partial charge in [0.25, 0.3) is 5.91 Å². The predicted molar refractivity (Wildman–Crippen MR) is 75.6 cm³/mol. The predicted octanol–water partition coefficient (Wildman–Crippen LogP) is 2.29. The van der Waals surface area contributed by atoms with E-state index in [9.17, 15) is 18.0 Å². The Kier molecular flexibility index (Phi) is 5.28. The Bertz CT molecular complexity index is 520. The van der Waals surface area contributed by atoms with Crippen LogP contribution in [-0.4, -0.2) is 43.6 Å². The van der Waals surface area contributed by atoms with Gasteiger partial charge in [0.15, 0.2) is 6.61 Å². The van der Waals surface area contributed by atoms with E-state index in [1.165, 1.54) is 12.1 Å². The van der Waals surface area contributed by atoms with Gasteiger partial charge < -0.3 is 15.0 Å². The number of ether oxygens (including phenoxy) is 1. The molecule has 0 aromatic heterocycles. The third-order valence-corrected chi connectivity index (χ3v) is 3.66. The first-order valence-electron chi connectivity index (χ1n) is 7.16. The molecule has 1 heterocycles. The fraction of sp³-hybridized carbons (Fsp3) is 0.533. The number of likely N-dealkylation sites (tertiary alicyclic amines) is 1. The molecule has 1 atom stereocenters. The molecule has 0 saturated carbocycles. The summed E-state index contributed by atoms with van der Waals surface area (Å²) >= 11 is 0. The minimum atomic E-state index is -4.42. The van der Waals surface area contributed by atoms with Crippen molar-refractivity contribution in [1.29, 1.82) is 0 Å². The molecule has 7 heteroatoms. The van der Waals surface area contributed by atoms with Crippen LogP contribution in [0.1, 0.15) is 18.4 Å². The van der Waals surface area contributed by atoms with Crippen molar-refractivity contribution in [3.63, 3.8) is 0 Å². The summed E-state index contributed by atoms with van der Waals surface area (Å²) in [6.07, 6.45) is -2.56. The van der Waals surface area contributed by atoms with Gasteiger partial charge in [-0.05, 0) is 38.1 Å². The van der Waals surface area contributed by atoms with Gasteiger partial charge in [-0.25, -0.2) is 0 Å². The van der Waals surface area contributed by atoms with E-state index in [1.807, 2.05) is 7.05 Å². The van der Waals surface area contributed by atoms with E-state index in [0.29, 0.717) is 13.1 Å². The SMILES string of the molecule is CNC[C@H]1CCCN1C(=O)COc1cccc(C(F)(F)F)c1. The van der Waals surface area contributed by atoms with Crippen molar-refractivity contribution in [2.24, 2.45) is 0 Å². The lowest BCUT2D eigenvalue weighted by Gasteiger charge is -2.24. The number of nitrogens with zero attached hydrogens (tertiary/aromatic N) is 1. The second-order valence-corrected chi connectivity index (χ2v) is 5.26. The fourth-order valence-corrected chi connectivity index (χ4v) is 2.60. The maximum absolute atomic E-state index is 12.6. The quantitative estimate of drug-likeness (QED) is 0.906. The number of benzene rings is 1. The second kappa shape index (κ2) is 7.00. The van der Waals surface area contributed by atoms with Crippen LogP contribution in [0.15, 0.2) is 24.3 Å². The first-order valence-corrected chi connectivity index (χ1v) is 7.16. The lowest BCUT2D eigenvalue weighted by molar-refractivity contribution is -0.137. The van der Waals surface area contributed by atoms with E-state index in [2.05, 4.69) is 5.32 Å². The van der Waals surface area contributed by atoms with Gasteiger partial charge in [0.05, 0.1) is 5.56 Å². The van der Waals surface area contributed by atoms with Crippen LogP contribution >= 0.6 is 0 Å². The van der Waals surface area contributed by atoms with Crippen molar-refractivity contribution < 1.29 is 22.7 Å². The molecule has 1 amide bonds. The zero-order valence-electron chi connectivity index (χ0n) is 12.3. The molecule has 1 N–H and O–H groups in total. The number of nitrogens with one attached hydrogen (secondary N) is 1. The third kappa shape index (κ3) is 4.13. The topological polar surface area (TPSA) is 41.6 Å². The molecule has 0 radical (unpaired) electrons. The van der Waals surface area contributed by atoms with E-state index in [0.717, 1.165) is 25.0 Å². The number of alkyl halides is 3. The number of amides is 1. The Labute approximate surface area is 127 Å². The minimum absolute atomic E-state index is 0.0486. The summed E-state index contributed by atoms with van der Waals surface area (Å²) in [6, 6.07) is 4.68. The molecule has 1 fully saturated rings. The number of rotatable bonds is 5. The molecular formula is C15H19F3N2O2. The summed E-state index contributed by atoms with van der Waals surface area (Å²) in [5, 5.41) is 3.03. The Morgan fingerprint density at radius 2 is 2.23 bits per heavy atom. The lowest BCUT2D eigenvalue weighted by Crippen LogP contribution is -2.43. The summed E-state index contributed by atoms with van der Waals surface area (Å²) in [5.74, 6) is -0.150. The molecule has 0 spiro atoms. The molecule has 1 aromatic carbocycles. The lowest BCUT2D eigenvalue weighted by atomic mass is 10.2. The van der Waals surface area contributed by atoms with Gasteiger partial charge in [-0.1, -0.05) is 6.07 Å². The Morgan fingerprint density at radius 1 is 1.45 bits per heavy atom. The second-order valence-electron chi connectivity index (χ2n) is 5.26. The van der Waals surface area contributed by atoms with Crippen LogP contribution in [0.2, 0.25) is 0 Å². The molecule has 1 aliphatic heterocycles. The number of hydrogen-bond acceptors (Lipinski definition) is 3. The van der Waals surface area contributed by atoms with Gasteiger partial charge in [-0.3, -0.25) is 4.79 Å². The Balaban J connectivity index is 1.94. The largest absolute Gasteiger partial charge is 0.484 e. The van der Waals surface area contributed by atoms with E-state index < -0.39 is 11.7 Å². The summed E-state index contributed by atoms with van der Waals surface area (Å²) in [6.45, 7) is 1.12.